The molecule has 6 heteroatoms. The molecule has 0 spiro atoms. The van der Waals surface area contributed by atoms with Crippen LogP contribution in [0.1, 0.15) is 5.56 Å². The van der Waals surface area contributed by atoms with Crippen molar-refractivity contribution in [2.75, 3.05) is 0 Å². The van der Waals surface area contributed by atoms with E-state index in [2.05, 4.69) is 9.97 Å². The molecule has 0 amide bonds. The van der Waals surface area contributed by atoms with Crippen LogP contribution in [0.25, 0.3) is 21.6 Å². The van der Waals surface area contributed by atoms with Crippen LogP contribution >= 0.6 is 46.1 Å². The zero-order valence-electron chi connectivity index (χ0n) is 9.75. The standard InChI is InChI=1S/C13H7Cl3N2S/c1-6-5-19-11(10(6)15)13-17-9-4-7(14)2-3-8(9)12(16)18-13/h2-5H,1H3. The summed E-state index contributed by atoms with van der Waals surface area (Å²) < 4.78 is 0. The quantitative estimate of drug-likeness (QED) is 0.541. The fraction of sp³-hybridized carbons (Fsp3) is 0.0769. The molecule has 0 saturated heterocycles. The third-order valence-electron chi connectivity index (χ3n) is 2.71. The van der Waals surface area contributed by atoms with Crippen molar-refractivity contribution in [3.8, 4) is 10.7 Å². The Morgan fingerprint density at radius 1 is 1.11 bits per heavy atom. The Labute approximate surface area is 129 Å². The lowest BCUT2D eigenvalue weighted by Crippen LogP contribution is -1.90. The molecule has 2 heterocycles. The Morgan fingerprint density at radius 2 is 1.89 bits per heavy atom. The maximum absolute atomic E-state index is 6.24. The Balaban J connectivity index is 2.28. The molecule has 3 aromatic rings. The van der Waals surface area contributed by atoms with Gasteiger partial charge in [0.25, 0.3) is 0 Å². The predicted octanol–water partition coefficient (Wildman–Crippen LogP) is 5.63. The minimum Gasteiger partial charge on any atom is -0.227 e. The third kappa shape index (κ3) is 2.32. The van der Waals surface area contributed by atoms with Crippen molar-refractivity contribution >= 4 is 57.0 Å². The molecule has 96 valence electrons. The van der Waals surface area contributed by atoms with Crippen molar-refractivity contribution < 1.29 is 0 Å². The van der Waals surface area contributed by atoms with E-state index in [0.717, 1.165) is 15.8 Å². The van der Waals surface area contributed by atoms with Crippen molar-refractivity contribution in [3.63, 3.8) is 0 Å². The summed E-state index contributed by atoms with van der Waals surface area (Å²) in [7, 11) is 0. The van der Waals surface area contributed by atoms with Gasteiger partial charge in [-0.1, -0.05) is 34.8 Å². The number of hydrogen-bond donors (Lipinski definition) is 0. The minimum atomic E-state index is 0.402. The van der Waals surface area contributed by atoms with Gasteiger partial charge in [-0.25, -0.2) is 9.97 Å². The summed E-state index contributed by atoms with van der Waals surface area (Å²) in [4.78, 5) is 9.62. The molecule has 0 saturated carbocycles. The molecule has 0 N–H and O–H groups in total. The van der Waals surface area contributed by atoms with Crippen LogP contribution in [0.5, 0.6) is 0 Å². The topological polar surface area (TPSA) is 25.8 Å². The van der Waals surface area contributed by atoms with Crippen molar-refractivity contribution in [3.05, 3.63) is 44.3 Å². The summed E-state index contributed by atoms with van der Waals surface area (Å²) in [5.74, 6) is 0.530. The second kappa shape index (κ2) is 4.91. The Kier molecular flexibility index (Phi) is 3.39. The lowest BCUT2D eigenvalue weighted by atomic mass is 10.2. The van der Waals surface area contributed by atoms with Gasteiger partial charge in [-0.2, -0.15) is 0 Å². The van der Waals surface area contributed by atoms with Gasteiger partial charge in [0.2, 0.25) is 0 Å². The van der Waals surface area contributed by atoms with Crippen molar-refractivity contribution in [2.24, 2.45) is 0 Å². The highest BCUT2D eigenvalue weighted by Gasteiger charge is 2.14. The summed E-state index contributed by atoms with van der Waals surface area (Å²) in [5.41, 5.74) is 1.72. The van der Waals surface area contributed by atoms with E-state index in [0.29, 0.717) is 26.5 Å². The smallest absolute Gasteiger partial charge is 0.173 e. The highest BCUT2D eigenvalue weighted by Crippen LogP contribution is 2.36. The maximum atomic E-state index is 6.24. The number of aryl methyl sites for hydroxylation is 1. The summed E-state index contributed by atoms with van der Waals surface area (Å²) in [6, 6.07) is 5.34. The van der Waals surface area contributed by atoms with Crippen molar-refractivity contribution in [1.82, 2.24) is 9.97 Å². The van der Waals surface area contributed by atoms with E-state index < -0.39 is 0 Å². The van der Waals surface area contributed by atoms with Gasteiger partial charge >= 0.3 is 0 Å². The van der Waals surface area contributed by atoms with Crippen LogP contribution < -0.4 is 0 Å². The van der Waals surface area contributed by atoms with Crippen LogP contribution in [0.2, 0.25) is 15.2 Å². The average Bonchev–Trinajstić information content (AvgIpc) is 2.69. The van der Waals surface area contributed by atoms with Crippen LogP contribution in [0.15, 0.2) is 23.6 Å². The number of aromatic nitrogens is 2. The largest absolute Gasteiger partial charge is 0.227 e. The Bertz CT molecular complexity index is 783. The SMILES string of the molecule is Cc1csc(-c2nc(Cl)c3ccc(Cl)cc3n2)c1Cl. The van der Waals surface area contributed by atoms with E-state index in [1.54, 1.807) is 12.1 Å². The lowest BCUT2D eigenvalue weighted by Gasteiger charge is -2.04. The molecule has 19 heavy (non-hydrogen) atoms. The Morgan fingerprint density at radius 3 is 2.58 bits per heavy atom. The molecule has 0 aliphatic rings. The van der Waals surface area contributed by atoms with E-state index in [4.69, 9.17) is 34.8 Å². The molecule has 0 atom stereocenters. The molecule has 3 rings (SSSR count). The minimum absolute atomic E-state index is 0.402. The van der Waals surface area contributed by atoms with Gasteiger partial charge in [0, 0.05) is 10.4 Å². The highest BCUT2D eigenvalue weighted by atomic mass is 35.5. The first-order valence-electron chi connectivity index (χ1n) is 5.43. The van der Waals surface area contributed by atoms with E-state index in [1.807, 2.05) is 18.4 Å². The molecule has 0 fully saturated rings. The zero-order chi connectivity index (χ0) is 13.6. The summed E-state index contributed by atoms with van der Waals surface area (Å²) in [6.07, 6.45) is 0. The fourth-order valence-corrected chi connectivity index (χ4v) is 3.36. The van der Waals surface area contributed by atoms with Crippen LogP contribution in [0.4, 0.5) is 0 Å². The number of hydrogen-bond acceptors (Lipinski definition) is 3. The van der Waals surface area contributed by atoms with Gasteiger partial charge in [-0.05, 0) is 36.1 Å². The van der Waals surface area contributed by atoms with Crippen molar-refractivity contribution in [1.29, 1.82) is 0 Å². The van der Waals surface area contributed by atoms with E-state index in [1.165, 1.54) is 11.3 Å². The molecular formula is C13H7Cl3N2S. The van der Waals surface area contributed by atoms with Crippen LogP contribution in [0.3, 0.4) is 0 Å². The average molecular weight is 330 g/mol. The number of rotatable bonds is 1. The number of thiophene rings is 1. The molecule has 0 radical (unpaired) electrons. The first-order valence-corrected chi connectivity index (χ1v) is 7.44. The molecule has 1 aromatic carbocycles. The second-order valence-corrected chi connectivity index (χ2v) is 6.11. The van der Waals surface area contributed by atoms with E-state index in [-0.39, 0.29) is 0 Å². The number of halogens is 3. The van der Waals surface area contributed by atoms with Crippen LogP contribution in [-0.2, 0) is 0 Å². The monoisotopic (exact) mass is 328 g/mol. The van der Waals surface area contributed by atoms with E-state index >= 15 is 0 Å². The van der Waals surface area contributed by atoms with Gasteiger partial charge in [0.1, 0.15) is 5.15 Å². The second-order valence-electron chi connectivity index (χ2n) is 4.06. The van der Waals surface area contributed by atoms with Gasteiger partial charge < -0.3 is 0 Å². The van der Waals surface area contributed by atoms with Gasteiger partial charge in [-0.15, -0.1) is 11.3 Å². The normalized spacial score (nSPS) is 11.2. The summed E-state index contributed by atoms with van der Waals surface area (Å²) in [6.45, 7) is 1.95. The van der Waals surface area contributed by atoms with Gasteiger partial charge in [-0.3, -0.25) is 0 Å². The number of benzene rings is 1. The Hall–Kier alpha value is -0.870. The maximum Gasteiger partial charge on any atom is 0.173 e. The molecule has 0 aliphatic heterocycles. The fourth-order valence-electron chi connectivity index (χ4n) is 1.75. The van der Waals surface area contributed by atoms with Gasteiger partial charge in [0.15, 0.2) is 5.82 Å². The molecule has 2 aromatic heterocycles. The van der Waals surface area contributed by atoms with Gasteiger partial charge in [0.05, 0.1) is 15.4 Å². The lowest BCUT2D eigenvalue weighted by molar-refractivity contribution is 1.24. The van der Waals surface area contributed by atoms with Crippen LogP contribution in [0, 0.1) is 6.92 Å². The zero-order valence-corrected chi connectivity index (χ0v) is 12.8. The third-order valence-corrected chi connectivity index (χ3v) is 4.93. The van der Waals surface area contributed by atoms with E-state index in [9.17, 15) is 0 Å². The van der Waals surface area contributed by atoms with Crippen LogP contribution in [-0.4, -0.2) is 9.97 Å². The van der Waals surface area contributed by atoms with Crippen molar-refractivity contribution in [2.45, 2.75) is 6.92 Å². The molecule has 0 bridgehead atoms. The summed E-state index contributed by atoms with van der Waals surface area (Å²) >= 11 is 19.9. The predicted molar refractivity (Wildman–Crippen MR) is 82.6 cm³/mol. The highest BCUT2D eigenvalue weighted by molar-refractivity contribution is 7.14. The summed E-state index contributed by atoms with van der Waals surface area (Å²) in [5, 5.41) is 4.43. The molecule has 0 unspecified atom stereocenters. The molecule has 2 nitrogen and oxygen atoms in total. The number of nitrogens with zero attached hydrogens (tertiary/aromatic N) is 2. The molecular weight excluding hydrogens is 323 g/mol. The molecule has 0 aliphatic carbocycles. The number of fused-ring (bicyclic) bond motifs is 1. The first-order chi connectivity index (χ1) is 9.06. The first kappa shape index (κ1) is 13.1.